The molecule has 3 nitrogen and oxygen atoms in total. The van der Waals surface area contributed by atoms with Gasteiger partial charge in [-0.15, -0.1) is 0 Å². The van der Waals surface area contributed by atoms with E-state index in [1.807, 2.05) is 5.01 Å². The van der Waals surface area contributed by atoms with Gasteiger partial charge in [0.25, 0.3) is 0 Å². The molecule has 0 bridgehead atoms. The van der Waals surface area contributed by atoms with Crippen molar-refractivity contribution >= 4 is 0 Å². The van der Waals surface area contributed by atoms with E-state index in [-0.39, 0.29) is 0 Å². The molecule has 2 heterocycles. The van der Waals surface area contributed by atoms with Gasteiger partial charge in [0.2, 0.25) is 0 Å². The number of hydrogen-bond acceptors (Lipinski definition) is 3. The van der Waals surface area contributed by atoms with Crippen LogP contribution in [0.5, 0.6) is 0 Å². The van der Waals surface area contributed by atoms with Crippen LogP contribution in [-0.4, -0.2) is 30.3 Å². The number of hydrogen-bond donors (Lipinski definition) is 1. The van der Waals surface area contributed by atoms with Crippen LogP contribution in [0, 0.1) is 5.92 Å². The topological polar surface area (TPSA) is 38.5 Å². The van der Waals surface area contributed by atoms with Crippen molar-refractivity contribution in [3.05, 3.63) is 12.2 Å². The second-order valence-corrected chi connectivity index (χ2v) is 4.61. The second-order valence-electron chi connectivity index (χ2n) is 4.61. The second kappa shape index (κ2) is 4.01. The Morgan fingerprint density at radius 2 is 2.36 bits per heavy atom. The average molecular weight is 196 g/mol. The predicted octanol–water partition coefficient (Wildman–Crippen LogP) is 1.31. The summed E-state index contributed by atoms with van der Waals surface area (Å²) < 4.78 is 5.70. The first-order valence-corrected chi connectivity index (χ1v) is 5.47. The lowest BCUT2D eigenvalue weighted by Gasteiger charge is -2.18. The fraction of sp³-hybridized carbons (Fsp3) is 0.818. The summed E-state index contributed by atoms with van der Waals surface area (Å²) in [5.74, 6) is 6.57. The number of rotatable bonds is 2. The molecule has 0 spiro atoms. The summed E-state index contributed by atoms with van der Waals surface area (Å²) in [6, 6.07) is 0.365. The van der Waals surface area contributed by atoms with Crippen molar-refractivity contribution in [2.24, 2.45) is 11.8 Å². The van der Waals surface area contributed by atoms with E-state index in [4.69, 9.17) is 10.6 Å². The number of nitrogens with zero attached hydrogens (tertiary/aromatic N) is 1. The molecule has 0 amide bonds. The van der Waals surface area contributed by atoms with Crippen molar-refractivity contribution in [1.82, 2.24) is 5.01 Å². The van der Waals surface area contributed by atoms with Gasteiger partial charge < -0.3 is 4.74 Å². The van der Waals surface area contributed by atoms with Crippen molar-refractivity contribution in [1.29, 1.82) is 0 Å². The fourth-order valence-corrected chi connectivity index (χ4v) is 2.62. The maximum atomic E-state index is 5.95. The molecule has 2 unspecified atom stereocenters. The van der Waals surface area contributed by atoms with Crippen molar-refractivity contribution < 1.29 is 4.74 Å². The third-order valence-corrected chi connectivity index (χ3v) is 3.43. The van der Waals surface area contributed by atoms with Gasteiger partial charge in [0.15, 0.2) is 0 Å². The molecule has 0 radical (unpaired) electrons. The first kappa shape index (κ1) is 10.1. The van der Waals surface area contributed by atoms with Gasteiger partial charge in [0, 0.05) is 25.1 Å². The van der Waals surface area contributed by atoms with Crippen LogP contribution in [0.25, 0.3) is 0 Å². The molecular formula is C11H20N2O. The average Bonchev–Trinajstić information content (AvgIpc) is 2.70. The van der Waals surface area contributed by atoms with Crippen LogP contribution in [0.2, 0.25) is 0 Å². The normalized spacial score (nSPS) is 39.1. The Labute approximate surface area is 85.9 Å². The van der Waals surface area contributed by atoms with E-state index >= 15 is 0 Å². The molecule has 2 N–H and O–H groups in total. The molecule has 2 rings (SSSR count). The van der Waals surface area contributed by atoms with Crippen molar-refractivity contribution in [2.45, 2.75) is 38.3 Å². The molecule has 0 aromatic rings. The van der Waals surface area contributed by atoms with Gasteiger partial charge in [-0.1, -0.05) is 12.2 Å². The minimum absolute atomic E-state index is 0.365. The molecule has 2 aliphatic rings. The standard InChI is InChI=1S/C11H20N2O/c1-8(2)10-6-9(7-13(10)12)11-4-3-5-14-11/h9-11H,1,3-7,12H2,2H3/t9?,10-,11?/m0/s1. The van der Waals surface area contributed by atoms with Crippen molar-refractivity contribution in [2.75, 3.05) is 13.2 Å². The highest BCUT2D eigenvalue weighted by molar-refractivity contribution is 5.06. The Morgan fingerprint density at radius 3 is 2.86 bits per heavy atom. The Bertz CT molecular complexity index is 223. The predicted molar refractivity (Wildman–Crippen MR) is 56.6 cm³/mol. The van der Waals surface area contributed by atoms with E-state index in [2.05, 4.69) is 13.5 Å². The van der Waals surface area contributed by atoms with Crippen LogP contribution in [0.15, 0.2) is 12.2 Å². The van der Waals surface area contributed by atoms with E-state index in [1.54, 1.807) is 0 Å². The zero-order valence-electron chi connectivity index (χ0n) is 8.91. The molecule has 0 saturated carbocycles. The minimum Gasteiger partial charge on any atom is -0.378 e. The summed E-state index contributed by atoms with van der Waals surface area (Å²) in [6.07, 6.45) is 3.99. The highest BCUT2D eigenvalue weighted by atomic mass is 16.5. The van der Waals surface area contributed by atoms with Gasteiger partial charge in [-0.05, 0) is 26.2 Å². The Kier molecular flexibility index (Phi) is 2.91. The molecule has 0 aliphatic carbocycles. The summed E-state index contributed by atoms with van der Waals surface area (Å²) >= 11 is 0. The van der Waals surface area contributed by atoms with E-state index in [0.29, 0.717) is 18.1 Å². The lowest BCUT2D eigenvalue weighted by Crippen LogP contribution is -2.36. The first-order chi connectivity index (χ1) is 6.68. The van der Waals surface area contributed by atoms with Gasteiger partial charge in [-0.3, -0.25) is 5.84 Å². The Hall–Kier alpha value is -0.380. The summed E-state index contributed by atoms with van der Waals surface area (Å²) in [6.45, 7) is 7.94. The number of hydrazine groups is 1. The fourth-order valence-electron chi connectivity index (χ4n) is 2.62. The monoisotopic (exact) mass is 196 g/mol. The Morgan fingerprint density at radius 1 is 1.57 bits per heavy atom. The van der Waals surface area contributed by atoms with Crippen LogP contribution in [0.1, 0.15) is 26.2 Å². The lowest BCUT2D eigenvalue weighted by atomic mass is 9.95. The van der Waals surface area contributed by atoms with Gasteiger partial charge in [-0.2, -0.15) is 0 Å². The van der Waals surface area contributed by atoms with Gasteiger partial charge in [0.1, 0.15) is 0 Å². The maximum absolute atomic E-state index is 5.95. The van der Waals surface area contributed by atoms with Crippen molar-refractivity contribution in [3.8, 4) is 0 Å². The minimum atomic E-state index is 0.365. The zero-order chi connectivity index (χ0) is 10.1. The SMILES string of the molecule is C=C(C)[C@@H]1CC(C2CCCO2)CN1N. The Balaban J connectivity index is 1.94. The van der Waals surface area contributed by atoms with E-state index in [9.17, 15) is 0 Å². The van der Waals surface area contributed by atoms with Gasteiger partial charge >= 0.3 is 0 Å². The molecule has 2 aliphatic heterocycles. The van der Waals surface area contributed by atoms with Crippen LogP contribution < -0.4 is 5.84 Å². The smallest absolute Gasteiger partial charge is 0.0617 e. The zero-order valence-corrected chi connectivity index (χ0v) is 8.91. The third kappa shape index (κ3) is 1.85. The largest absolute Gasteiger partial charge is 0.378 e. The molecular weight excluding hydrogens is 176 g/mol. The van der Waals surface area contributed by atoms with Crippen LogP contribution in [-0.2, 0) is 4.74 Å². The molecule has 2 saturated heterocycles. The van der Waals surface area contributed by atoms with Crippen LogP contribution >= 0.6 is 0 Å². The summed E-state index contributed by atoms with van der Waals surface area (Å²) in [7, 11) is 0. The molecule has 3 heteroatoms. The van der Waals surface area contributed by atoms with Crippen LogP contribution in [0.3, 0.4) is 0 Å². The summed E-state index contributed by atoms with van der Waals surface area (Å²) in [5.41, 5.74) is 1.17. The summed E-state index contributed by atoms with van der Waals surface area (Å²) in [4.78, 5) is 0. The molecule has 2 fully saturated rings. The molecule has 14 heavy (non-hydrogen) atoms. The highest BCUT2D eigenvalue weighted by Crippen LogP contribution is 2.32. The summed E-state index contributed by atoms with van der Waals surface area (Å²) in [5, 5.41) is 1.93. The van der Waals surface area contributed by atoms with Crippen LogP contribution in [0.4, 0.5) is 0 Å². The maximum Gasteiger partial charge on any atom is 0.0617 e. The number of nitrogens with two attached hydrogens (primary N) is 1. The molecule has 0 aromatic carbocycles. The molecule has 3 atom stereocenters. The van der Waals surface area contributed by atoms with E-state index in [0.717, 1.165) is 19.6 Å². The van der Waals surface area contributed by atoms with E-state index in [1.165, 1.54) is 18.4 Å². The quantitative estimate of drug-likeness (QED) is 0.534. The van der Waals surface area contributed by atoms with Crippen molar-refractivity contribution in [3.63, 3.8) is 0 Å². The third-order valence-electron chi connectivity index (χ3n) is 3.43. The van der Waals surface area contributed by atoms with Gasteiger partial charge in [-0.25, -0.2) is 5.01 Å². The first-order valence-electron chi connectivity index (χ1n) is 5.47. The van der Waals surface area contributed by atoms with E-state index < -0.39 is 0 Å². The lowest BCUT2D eigenvalue weighted by molar-refractivity contribution is 0.0657. The molecule has 0 aromatic heterocycles. The highest BCUT2D eigenvalue weighted by Gasteiger charge is 2.36. The van der Waals surface area contributed by atoms with Gasteiger partial charge in [0.05, 0.1) is 6.10 Å². The number of ether oxygens (including phenoxy) is 1. The molecule has 80 valence electrons.